The number of rotatable bonds is 3. The van der Waals surface area contributed by atoms with E-state index in [2.05, 4.69) is 15.6 Å². The second-order valence-electron chi connectivity index (χ2n) is 5.60. The smallest absolute Gasteiger partial charge is 0.242 e. The van der Waals surface area contributed by atoms with Gasteiger partial charge >= 0.3 is 0 Å². The van der Waals surface area contributed by atoms with E-state index in [1.54, 1.807) is 18.5 Å². The van der Waals surface area contributed by atoms with E-state index in [1.807, 2.05) is 33.8 Å². The van der Waals surface area contributed by atoms with Gasteiger partial charge in [-0.15, -0.1) is 0 Å². The van der Waals surface area contributed by atoms with E-state index in [-0.39, 0.29) is 17.5 Å². The van der Waals surface area contributed by atoms with E-state index in [4.69, 9.17) is 4.42 Å². The van der Waals surface area contributed by atoms with E-state index in [0.717, 1.165) is 11.0 Å². The van der Waals surface area contributed by atoms with Gasteiger partial charge in [-0.05, 0) is 39.8 Å². The van der Waals surface area contributed by atoms with Crippen LogP contribution in [-0.2, 0) is 4.79 Å². The predicted molar refractivity (Wildman–Crippen MR) is 75.0 cm³/mol. The Morgan fingerprint density at radius 1 is 1.37 bits per heavy atom. The molecule has 0 spiro atoms. The van der Waals surface area contributed by atoms with Crippen LogP contribution in [0.5, 0.6) is 0 Å². The number of pyridine rings is 1. The highest BCUT2D eigenvalue weighted by molar-refractivity contribution is 5.91. The average Bonchev–Trinajstić information content (AvgIpc) is 2.75. The Morgan fingerprint density at radius 2 is 2.11 bits per heavy atom. The lowest BCUT2D eigenvalue weighted by Crippen LogP contribution is -2.47. The van der Waals surface area contributed by atoms with Gasteiger partial charge in [-0.3, -0.25) is 4.79 Å². The van der Waals surface area contributed by atoms with Crippen molar-refractivity contribution in [2.24, 2.45) is 0 Å². The number of furan rings is 1. The monoisotopic (exact) mass is 261 g/mol. The molecule has 1 amide bonds. The summed E-state index contributed by atoms with van der Waals surface area (Å²) < 4.78 is 5.30. The summed E-state index contributed by atoms with van der Waals surface area (Å²) in [5, 5.41) is 6.91. The number of hydrogen-bond acceptors (Lipinski definition) is 4. The van der Waals surface area contributed by atoms with Crippen molar-refractivity contribution in [3.8, 4) is 0 Å². The van der Waals surface area contributed by atoms with Crippen LogP contribution in [0.2, 0.25) is 0 Å². The van der Waals surface area contributed by atoms with E-state index in [1.165, 1.54) is 0 Å². The Labute approximate surface area is 112 Å². The van der Waals surface area contributed by atoms with Crippen LogP contribution in [0.1, 0.15) is 27.7 Å². The molecule has 0 saturated heterocycles. The molecule has 19 heavy (non-hydrogen) atoms. The number of nitrogens with one attached hydrogen (secondary N) is 2. The van der Waals surface area contributed by atoms with E-state index in [0.29, 0.717) is 5.82 Å². The molecule has 2 aromatic rings. The van der Waals surface area contributed by atoms with Gasteiger partial charge < -0.3 is 15.1 Å². The molecular formula is C14H19N3O2. The van der Waals surface area contributed by atoms with Gasteiger partial charge in [0.25, 0.3) is 0 Å². The number of nitrogens with zero attached hydrogens (tertiary/aromatic N) is 1. The maximum Gasteiger partial charge on any atom is 0.242 e. The molecule has 102 valence electrons. The van der Waals surface area contributed by atoms with Gasteiger partial charge in [0.2, 0.25) is 5.91 Å². The van der Waals surface area contributed by atoms with Gasteiger partial charge in [0.15, 0.2) is 0 Å². The fraction of sp³-hybridized carbons (Fsp3) is 0.429. The molecule has 0 radical (unpaired) electrons. The van der Waals surface area contributed by atoms with Gasteiger partial charge in [-0.25, -0.2) is 4.98 Å². The lowest BCUT2D eigenvalue weighted by Gasteiger charge is -2.24. The summed E-state index contributed by atoms with van der Waals surface area (Å²) >= 11 is 0. The number of aromatic nitrogens is 1. The number of carbonyl (C=O) groups is 1. The summed E-state index contributed by atoms with van der Waals surface area (Å²) in [5.74, 6) is 0.595. The first-order valence-corrected chi connectivity index (χ1v) is 6.27. The fourth-order valence-corrected chi connectivity index (χ4v) is 1.76. The third-order valence-corrected chi connectivity index (χ3v) is 2.62. The summed E-state index contributed by atoms with van der Waals surface area (Å²) in [6.07, 6.45) is 3.26. The van der Waals surface area contributed by atoms with Gasteiger partial charge in [0.1, 0.15) is 17.4 Å². The molecular weight excluding hydrogens is 242 g/mol. The Hall–Kier alpha value is -2.04. The van der Waals surface area contributed by atoms with Crippen LogP contribution in [0.25, 0.3) is 11.0 Å². The molecule has 1 unspecified atom stereocenters. The minimum absolute atomic E-state index is 0.0604. The zero-order valence-corrected chi connectivity index (χ0v) is 11.7. The zero-order valence-electron chi connectivity index (χ0n) is 11.7. The van der Waals surface area contributed by atoms with Crippen molar-refractivity contribution in [3.63, 3.8) is 0 Å². The molecule has 5 heteroatoms. The summed E-state index contributed by atoms with van der Waals surface area (Å²) in [6.45, 7) is 7.66. The minimum atomic E-state index is -0.368. The third kappa shape index (κ3) is 3.24. The number of anilines is 1. The maximum atomic E-state index is 12.0. The molecule has 0 bridgehead atoms. The van der Waals surface area contributed by atoms with Crippen LogP contribution in [0.15, 0.2) is 29.0 Å². The van der Waals surface area contributed by atoms with E-state index < -0.39 is 0 Å². The number of carbonyl (C=O) groups excluding carboxylic acids is 1. The Kier molecular flexibility index (Phi) is 3.46. The van der Waals surface area contributed by atoms with Crippen molar-refractivity contribution in [2.45, 2.75) is 39.3 Å². The fourth-order valence-electron chi connectivity index (χ4n) is 1.76. The SMILES string of the molecule is CC(Nc1nccc2occc12)C(=O)NC(C)(C)C. The quantitative estimate of drug-likeness (QED) is 0.891. The molecule has 0 aliphatic carbocycles. The molecule has 2 N–H and O–H groups in total. The molecule has 0 fully saturated rings. The summed E-state index contributed by atoms with van der Waals surface area (Å²) in [7, 11) is 0. The molecule has 5 nitrogen and oxygen atoms in total. The van der Waals surface area contributed by atoms with Crippen LogP contribution in [0.4, 0.5) is 5.82 Å². The minimum Gasteiger partial charge on any atom is -0.464 e. The normalized spacial score (nSPS) is 13.3. The van der Waals surface area contributed by atoms with Crippen LogP contribution in [-0.4, -0.2) is 22.5 Å². The maximum absolute atomic E-state index is 12.0. The predicted octanol–water partition coefficient (Wildman–Crippen LogP) is 2.54. The number of amides is 1. The lowest BCUT2D eigenvalue weighted by molar-refractivity contribution is -0.122. The first-order valence-electron chi connectivity index (χ1n) is 6.27. The highest BCUT2D eigenvalue weighted by Crippen LogP contribution is 2.22. The van der Waals surface area contributed by atoms with E-state index >= 15 is 0 Å². The molecule has 0 aliphatic rings. The van der Waals surface area contributed by atoms with Crippen LogP contribution >= 0.6 is 0 Å². The highest BCUT2D eigenvalue weighted by atomic mass is 16.3. The van der Waals surface area contributed by atoms with Crippen molar-refractivity contribution in [1.29, 1.82) is 0 Å². The van der Waals surface area contributed by atoms with E-state index in [9.17, 15) is 4.79 Å². The lowest BCUT2D eigenvalue weighted by atomic mass is 10.1. The molecule has 2 heterocycles. The molecule has 0 aliphatic heterocycles. The second-order valence-corrected chi connectivity index (χ2v) is 5.60. The topological polar surface area (TPSA) is 67.2 Å². The van der Waals surface area contributed by atoms with Crippen LogP contribution in [0.3, 0.4) is 0 Å². The summed E-state index contributed by atoms with van der Waals surface area (Å²) in [6, 6.07) is 3.26. The van der Waals surface area contributed by atoms with Gasteiger partial charge in [-0.2, -0.15) is 0 Å². The molecule has 2 aromatic heterocycles. The number of hydrogen-bond donors (Lipinski definition) is 2. The Morgan fingerprint density at radius 3 is 2.79 bits per heavy atom. The molecule has 1 atom stereocenters. The zero-order chi connectivity index (χ0) is 14.0. The van der Waals surface area contributed by atoms with Crippen molar-refractivity contribution in [3.05, 3.63) is 24.6 Å². The van der Waals surface area contributed by atoms with Gasteiger partial charge in [0.05, 0.1) is 11.6 Å². The molecule has 0 aromatic carbocycles. The van der Waals surface area contributed by atoms with Gasteiger partial charge in [-0.1, -0.05) is 0 Å². The average molecular weight is 261 g/mol. The highest BCUT2D eigenvalue weighted by Gasteiger charge is 2.20. The van der Waals surface area contributed by atoms with Crippen molar-refractivity contribution < 1.29 is 9.21 Å². The summed E-state index contributed by atoms with van der Waals surface area (Å²) in [4.78, 5) is 16.3. The van der Waals surface area contributed by atoms with Crippen molar-refractivity contribution in [1.82, 2.24) is 10.3 Å². The third-order valence-electron chi connectivity index (χ3n) is 2.62. The van der Waals surface area contributed by atoms with Crippen LogP contribution < -0.4 is 10.6 Å². The number of fused-ring (bicyclic) bond motifs is 1. The van der Waals surface area contributed by atoms with Gasteiger partial charge in [0, 0.05) is 11.7 Å². The second kappa shape index (κ2) is 4.91. The Balaban J connectivity index is 2.12. The molecule has 2 rings (SSSR count). The summed E-state index contributed by atoms with van der Waals surface area (Å²) in [5.41, 5.74) is 0.503. The van der Waals surface area contributed by atoms with Crippen LogP contribution in [0, 0.1) is 0 Å². The standard InChI is InChI=1S/C14H19N3O2/c1-9(13(18)17-14(2,3)4)16-12-10-6-8-19-11(10)5-7-15-12/h5-9H,1-4H3,(H,15,16)(H,17,18). The van der Waals surface area contributed by atoms with Crippen molar-refractivity contribution in [2.75, 3.05) is 5.32 Å². The van der Waals surface area contributed by atoms with Crippen molar-refractivity contribution >= 4 is 22.7 Å². The first kappa shape index (κ1) is 13.4. The largest absolute Gasteiger partial charge is 0.464 e. The first-order chi connectivity index (χ1) is 8.87. The molecule has 0 saturated carbocycles. The Bertz CT molecular complexity index is 584.